The second kappa shape index (κ2) is 10.3. The highest BCUT2D eigenvalue weighted by Crippen LogP contribution is 2.33. The molecule has 1 fully saturated rings. The summed E-state index contributed by atoms with van der Waals surface area (Å²) < 4.78 is 8.32. The monoisotopic (exact) mass is 467 g/mol. The van der Waals surface area contributed by atoms with Crippen LogP contribution in [0.15, 0.2) is 72.8 Å². The number of rotatable bonds is 9. The van der Waals surface area contributed by atoms with Crippen LogP contribution in [0.2, 0.25) is 0 Å². The van der Waals surface area contributed by atoms with Gasteiger partial charge in [0, 0.05) is 31.1 Å². The molecule has 1 unspecified atom stereocenters. The van der Waals surface area contributed by atoms with Gasteiger partial charge in [0.05, 0.1) is 17.6 Å². The molecule has 4 aromatic rings. The van der Waals surface area contributed by atoms with Crippen LogP contribution < -0.4 is 9.64 Å². The third-order valence-electron chi connectivity index (χ3n) is 6.96. The molecule has 3 aromatic carbocycles. The summed E-state index contributed by atoms with van der Waals surface area (Å²) >= 11 is 0. The first kappa shape index (κ1) is 23.2. The van der Waals surface area contributed by atoms with E-state index < -0.39 is 0 Å². The number of aryl methyl sites for hydroxylation is 3. The first-order chi connectivity index (χ1) is 17.1. The fourth-order valence-electron chi connectivity index (χ4n) is 4.95. The first-order valence-electron chi connectivity index (χ1n) is 12.7. The van der Waals surface area contributed by atoms with Gasteiger partial charge in [-0.1, -0.05) is 49.4 Å². The van der Waals surface area contributed by atoms with E-state index in [-0.39, 0.29) is 11.8 Å². The van der Waals surface area contributed by atoms with Crippen molar-refractivity contribution < 1.29 is 9.53 Å². The molecular weight excluding hydrogens is 434 g/mol. The zero-order chi connectivity index (χ0) is 24.2. The van der Waals surface area contributed by atoms with Gasteiger partial charge in [0.2, 0.25) is 5.91 Å². The SMILES string of the molecule is CCc1ccc(N2CC(c3nc4ccccc4n3CCCCOc3ccccc3C)CC2=O)cc1. The van der Waals surface area contributed by atoms with Gasteiger partial charge in [0.15, 0.2) is 0 Å². The van der Waals surface area contributed by atoms with E-state index in [0.717, 1.165) is 59.7 Å². The fourth-order valence-corrected chi connectivity index (χ4v) is 4.95. The van der Waals surface area contributed by atoms with Crippen molar-refractivity contribution in [2.45, 2.75) is 52.0 Å². The Morgan fingerprint density at radius 1 is 0.971 bits per heavy atom. The molecule has 1 aliphatic rings. The molecule has 0 aliphatic carbocycles. The second-order valence-electron chi connectivity index (χ2n) is 9.36. The Bertz CT molecular complexity index is 1310. The summed E-state index contributed by atoms with van der Waals surface area (Å²) in [5.74, 6) is 2.23. The molecule has 5 nitrogen and oxygen atoms in total. The molecule has 35 heavy (non-hydrogen) atoms. The predicted molar refractivity (Wildman–Crippen MR) is 141 cm³/mol. The number of ether oxygens (including phenoxy) is 1. The topological polar surface area (TPSA) is 47.4 Å². The molecule has 0 radical (unpaired) electrons. The number of anilines is 1. The van der Waals surface area contributed by atoms with E-state index in [9.17, 15) is 4.79 Å². The summed E-state index contributed by atoms with van der Waals surface area (Å²) in [6, 6.07) is 24.8. The Morgan fingerprint density at radius 2 is 1.74 bits per heavy atom. The van der Waals surface area contributed by atoms with Crippen molar-refractivity contribution in [1.82, 2.24) is 9.55 Å². The Balaban J connectivity index is 1.29. The van der Waals surface area contributed by atoms with E-state index in [4.69, 9.17) is 9.72 Å². The molecule has 1 aromatic heterocycles. The molecule has 2 heterocycles. The molecule has 1 amide bonds. The summed E-state index contributed by atoms with van der Waals surface area (Å²) in [4.78, 5) is 19.9. The van der Waals surface area contributed by atoms with Crippen molar-refractivity contribution in [3.05, 3.63) is 89.7 Å². The lowest BCUT2D eigenvalue weighted by atomic mass is 10.1. The normalized spacial score (nSPS) is 15.8. The second-order valence-corrected chi connectivity index (χ2v) is 9.36. The number of nitrogens with zero attached hydrogens (tertiary/aromatic N) is 3. The molecule has 0 bridgehead atoms. The average molecular weight is 468 g/mol. The van der Waals surface area contributed by atoms with Gasteiger partial charge in [0.25, 0.3) is 0 Å². The zero-order valence-corrected chi connectivity index (χ0v) is 20.6. The number of hydrogen-bond donors (Lipinski definition) is 0. The minimum absolute atomic E-state index is 0.0870. The molecule has 5 heteroatoms. The van der Waals surface area contributed by atoms with Crippen LogP contribution >= 0.6 is 0 Å². The van der Waals surface area contributed by atoms with Gasteiger partial charge in [-0.2, -0.15) is 0 Å². The number of unbranched alkanes of at least 4 members (excludes halogenated alkanes) is 1. The minimum atomic E-state index is 0.0870. The van der Waals surface area contributed by atoms with E-state index in [2.05, 4.69) is 66.9 Å². The summed E-state index contributed by atoms with van der Waals surface area (Å²) in [5, 5.41) is 0. The van der Waals surface area contributed by atoms with E-state index in [1.165, 1.54) is 5.56 Å². The number of amides is 1. The zero-order valence-electron chi connectivity index (χ0n) is 20.6. The van der Waals surface area contributed by atoms with E-state index in [1.54, 1.807) is 0 Å². The number of hydrogen-bond acceptors (Lipinski definition) is 3. The van der Waals surface area contributed by atoms with E-state index in [0.29, 0.717) is 19.6 Å². The van der Waals surface area contributed by atoms with Crippen molar-refractivity contribution in [1.29, 1.82) is 0 Å². The fraction of sp³-hybridized carbons (Fsp3) is 0.333. The smallest absolute Gasteiger partial charge is 0.227 e. The molecule has 0 saturated carbocycles. The first-order valence-corrected chi connectivity index (χ1v) is 12.7. The van der Waals surface area contributed by atoms with Crippen molar-refractivity contribution >= 4 is 22.6 Å². The average Bonchev–Trinajstić information content (AvgIpc) is 3.45. The number of carbonyl (C=O) groups is 1. The van der Waals surface area contributed by atoms with Crippen LogP contribution in [0.1, 0.15) is 49.1 Å². The molecule has 5 rings (SSSR count). The molecule has 180 valence electrons. The van der Waals surface area contributed by atoms with Crippen molar-refractivity contribution in [3.8, 4) is 5.75 Å². The summed E-state index contributed by atoms with van der Waals surface area (Å²) in [7, 11) is 0. The van der Waals surface area contributed by atoms with Crippen LogP contribution in [0.3, 0.4) is 0 Å². The van der Waals surface area contributed by atoms with Gasteiger partial charge in [-0.15, -0.1) is 0 Å². The number of imidazole rings is 1. The standard InChI is InChI=1S/C30H33N3O2/c1-3-23-14-16-25(17-15-23)33-21-24(20-29(33)34)30-31-26-11-5-6-12-27(26)32(30)18-8-9-19-35-28-13-7-4-10-22(28)2/h4-7,10-17,24H,3,8-9,18-21H2,1-2H3. The van der Waals surface area contributed by atoms with E-state index >= 15 is 0 Å². The van der Waals surface area contributed by atoms with Gasteiger partial charge in [-0.05, 0) is 67.6 Å². The summed E-state index contributed by atoms with van der Waals surface area (Å²) in [5.41, 5.74) is 5.56. The highest BCUT2D eigenvalue weighted by atomic mass is 16.5. The van der Waals surface area contributed by atoms with Gasteiger partial charge in [-0.3, -0.25) is 4.79 Å². The third kappa shape index (κ3) is 4.95. The Labute approximate surface area is 207 Å². The van der Waals surface area contributed by atoms with Gasteiger partial charge in [-0.25, -0.2) is 4.98 Å². The maximum absolute atomic E-state index is 13.0. The molecule has 0 spiro atoms. The van der Waals surface area contributed by atoms with Crippen LogP contribution in [0.4, 0.5) is 5.69 Å². The summed E-state index contributed by atoms with van der Waals surface area (Å²) in [6.07, 6.45) is 3.44. The lowest BCUT2D eigenvalue weighted by Gasteiger charge is -2.18. The predicted octanol–water partition coefficient (Wildman–Crippen LogP) is 6.29. The van der Waals surface area contributed by atoms with Crippen molar-refractivity contribution in [2.75, 3.05) is 18.1 Å². The van der Waals surface area contributed by atoms with Gasteiger partial charge in [0.1, 0.15) is 11.6 Å². The van der Waals surface area contributed by atoms with Crippen LogP contribution in [0.5, 0.6) is 5.75 Å². The molecular formula is C30H33N3O2. The largest absolute Gasteiger partial charge is 0.493 e. The number of carbonyl (C=O) groups excluding carboxylic acids is 1. The van der Waals surface area contributed by atoms with Crippen LogP contribution in [-0.4, -0.2) is 28.6 Å². The Hall–Kier alpha value is -3.60. The van der Waals surface area contributed by atoms with Crippen LogP contribution in [0, 0.1) is 6.92 Å². The maximum Gasteiger partial charge on any atom is 0.227 e. The quantitative estimate of drug-likeness (QED) is 0.272. The maximum atomic E-state index is 13.0. The highest BCUT2D eigenvalue weighted by molar-refractivity contribution is 5.96. The molecule has 1 aliphatic heterocycles. The van der Waals surface area contributed by atoms with Crippen molar-refractivity contribution in [3.63, 3.8) is 0 Å². The lowest BCUT2D eigenvalue weighted by Crippen LogP contribution is -2.24. The number of benzene rings is 3. The molecule has 1 saturated heterocycles. The minimum Gasteiger partial charge on any atom is -0.493 e. The lowest BCUT2D eigenvalue weighted by molar-refractivity contribution is -0.117. The Kier molecular flexibility index (Phi) is 6.84. The number of aromatic nitrogens is 2. The molecule has 1 atom stereocenters. The van der Waals surface area contributed by atoms with E-state index in [1.807, 2.05) is 29.2 Å². The Morgan fingerprint density at radius 3 is 2.54 bits per heavy atom. The number of fused-ring (bicyclic) bond motifs is 1. The number of para-hydroxylation sites is 3. The highest BCUT2D eigenvalue weighted by Gasteiger charge is 2.34. The van der Waals surface area contributed by atoms with Gasteiger partial charge < -0.3 is 14.2 Å². The molecule has 0 N–H and O–H groups in total. The third-order valence-corrected chi connectivity index (χ3v) is 6.96. The van der Waals surface area contributed by atoms with Crippen LogP contribution in [-0.2, 0) is 17.8 Å². The van der Waals surface area contributed by atoms with Crippen molar-refractivity contribution in [2.24, 2.45) is 0 Å². The summed E-state index contributed by atoms with van der Waals surface area (Å²) in [6.45, 7) is 6.44. The van der Waals surface area contributed by atoms with Gasteiger partial charge >= 0.3 is 0 Å². The van der Waals surface area contributed by atoms with Crippen LogP contribution in [0.25, 0.3) is 11.0 Å².